The first-order valence-electron chi connectivity index (χ1n) is 17.9. The maximum absolute atomic E-state index is 12.1. The highest BCUT2D eigenvalue weighted by atomic mass is 16.5. The molecule has 4 heteroatoms. The highest BCUT2D eigenvalue weighted by Gasteiger charge is 2.09. The van der Waals surface area contributed by atoms with Crippen LogP contribution in [0, 0.1) is 0 Å². The van der Waals surface area contributed by atoms with Gasteiger partial charge in [-0.15, -0.1) is 0 Å². The van der Waals surface area contributed by atoms with Gasteiger partial charge in [-0.2, -0.15) is 0 Å². The number of esters is 1. The monoisotopic (exact) mass is 589 g/mol. The van der Waals surface area contributed by atoms with E-state index in [2.05, 4.69) is 43.4 Å². The van der Waals surface area contributed by atoms with Crippen LogP contribution in [-0.4, -0.2) is 23.1 Å². The molecule has 0 aliphatic carbocycles. The van der Waals surface area contributed by atoms with E-state index in [9.17, 15) is 9.59 Å². The Morgan fingerprint density at radius 2 is 0.952 bits per heavy atom. The molecule has 0 aliphatic rings. The number of hydrogen-bond acceptors (Lipinski definition) is 3. The molecule has 0 aliphatic heterocycles. The summed E-state index contributed by atoms with van der Waals surface area (Å²) in [4.78, 5) is 22.6. The Kier molecular flexibility index (Phi) is 32.2. The summed E-state index contributed by atoms with van der Waals surface area (Å²) in [5.41, 5.74) is 0. The molecule has 0 rings (SSSR count). The molecule has 0 amide bonds. The number of unbranched alkanes of at least 4 members (excludes halogenated alkanes) is 19. The molecular weight excluding hydrogens is 520 g/mol. The third-order valence-electron chi connectivity index (χ3n) is 7.87. The van der Waals surface area contributed by atoms with Gasteiger partial charge in [-0.05, 0) is 64.7 Å². The number of rotatable bonds is 32. The molecule has 0 saturated heterocycles. The summed E-state index contributed by atoms with van der Waals surface area (Å²) in [5.74, 6) is -0.681. The molecule has 4 nitrogen and oxygen atoms in total. The van der Waals surface area contributed by atoms with E-state index in [1.165, 1.54) is 96.3 Å². The first kappa shape index (κ1) is 40.2. The minimum atomic E-state index is -0.667. The van der Waals surface area contributed by atoms with Crippen molar-refractivity contribution < 1.29 is 19.4 Å². The first-order valence-corrected chi connectivity index (χ1v) is 17.9. The molecule has 1 atom stereocenters. The van der Waals surface area contributed by atoms with Gasteiger partial charge in [0, 0.05) is 12.8 Å². The summed E-state index contributed by atoms with van der Waals surface area (Å²) in [6.07, 6.45) is 44.3. The van der Waals surface area contributed by atoms with Crippen LogP contribution in [0.25, 0.3) is 0 Å². The van der Waals surface area contributed by atoms with Crippen molar-refractivity contribution in [1.82, 2.24) is 0 Å². The molecule has 42 heavy (non-hydrogen) atoms. The van der Waals surface area contributed by atoms with E-state index in [0.29, 0.717) is 12.8 Å². The Hall–Kier alpha value is -1.84. The quantitative estimate of drug-likeness (QED) is 0.0482. The number of carboxylic acids is 1. The predicted octanol–water partition coefficient (Wildman–Crippen LogP) is 12.2. The Morgan fingerprint density at radius 3 is 1.45 bits per heavy atom. The maximum Gasteiger partial charge on any atom is 0.306 e. The van der Waals surface area contributed by atoms with Crippen molar-refractivity contribution in [2.24, 2.45) is 0 Å². The zero-order valence-electron chi connectivity index (χ0n) is 27.8. The fourth-order valence-electron chi connectivity index (χ4n) is 5.24. The third kappa shape index (κ3) is 34.4. The van der Waals surface area contributed by atoms with Gasteiger partial charge in [-0.25, -0.2) is 0 Å². The number of carboxylic acid groups (broad SMARTS) is 1. The normalized spacial score (nSPS) is 12.6. The summed E-state index contributed by atoms with van der Waals surface area (Å²) in [6.45, 7) is 4.21. The van der Waals surface area contributed by atoms with Crippen molar-refractivity contribution in [2.75, 3.05) is 0 Å². The molecule has 244 valence electrons. The van der Waals surface area contributed by atoms with E-state index in [-0.39, 0.29) is 12.1 Å². The number of aliphatic carboxylic acids is 1. The molecule has 0 heterocycles. The lowest BCUT2D eigenvalue weighted by Gasteiger charge is -2.13. The van der Waals surface area contributed by atoms with E-state index < -0.39 is 5.97 Å². The van der Waals surface area contributed by atoms with E-state index in [1.807, 2.05) is 6.92 Å². The van der Waals surface area contributed by atoms with Crippen LogP contribution in [0.5, 0.6) is 0 Å². The van der Waals surface area contributed by atoms with E-state index in [1.54, 1.807) is 0 Å². The lowest BCUT2D eigenvalue weighted by atomic mass is 10.0. The van der Waals surface area contributed by atoms with Crippen molar-refractivity contribution in [3.05, 3.63) is 36.5 Å². The lowest BCUT2D eigenvalue weighted by Crippen LogP contribution is -2.14. The SMILES string of the molecule is CC/C=C\C/C=C\C/C=C\CCCCCCCC(=O)OC(C)CCCCCCCCCCCCCCCCCC(=O)O. The summed E-state index contributed by atoms with van der Waals surface area (Å²) >= 11 is 0. The van der Waals surface area contributed by atoms with Gasteiger partial charge in [0.05, 0.1) is 6.10 Å². The van der Waals surface area contributed by atoms with Crippen molar-refractivity contribution in [3.63, 3.8) is 0 Å². The molecule has 0 fully saturated rings. The molecule has 0 spiro atoms. The van der Waals surface area contributed by atoms with Crippen molar-refractivity contribution >= 4 is 11.9 Å². The van der Waals surface area contributed by atoms with Crippen molar-refractivity contribution in [2.45, 2.75) is 193 Å². The average molecular weight is 589 g/mol. The zero-order valence-corrected chi connectivity index (χ0v) is 27.8. The Labute approximate surface area is 260 Å². The molecule has 0 aromatic heterocycles. The third-order valence-corrected chi connectivity index (χ3v) is 7.87. The smallest absolute Gasteiger partial charge is 0.306 e. The molecule has 0 saturated carbocycles. The maximum atomic E-state index is 12.1. The van der Waals surface area contributed by atoms with E-state index in [0.717, 1.165) is 64.2 Å². The zero-order chi connectivity index (χ0) is 30.8. The van der Waals surface area contributed by atoms with Gasteiger partial charge in [0.25, 0.3) is 0 Å². The van der Waals surface area contributed by atoms with Crippen LogP contribution >= 0.6 is 0 Å². The van der Waals surface area contributed by atoms with Crippen molar-refractivity contribution in [3.8, 4) is 0 Å². The average Bonchev–Trinajstić information content (AvgIpc) is 2.96. The van der Waals surface area contributed by atoms with Crippen LogP contribution in [0.1, 0.15) is 187 Å². The number of carbonyl (C=O) groups is 2. The van der Waals surface area contributed by atoms with Crippen LogP contribution in [0.4, 0.5) is 0 Å². The fourth-order valence-corrected chi connectivity index (χ4v) is 5.24. The van der Waals surface area contributed by atoms with Crippen LogP contribution in [-0.2, 0) is 14.3 Å². The van der Waals surface area contributed by atoms with Gasteiger partial charge in [0.1, 0.15) is 0 Å². The van der Waals surface area contributed by atoms with Gasteiger partial charge in [0.15, 0.2) is 0 Å². The number of carbonyl (C=O) groups excluding carboxylic acids is 1. The van der Waals surface area contributed by atoms with Crippen LogP contribution in [0.2, 0.25) is 0 Å². The number of ether oxygens (including phenoxy) is 1. The highest BCUT2D eigenvalue weighted by Crippen LogP contribution is 2.15. The number of allylic oxidation sites excluding steroid dienone is 6. The lowest BCUT2D eigenvalue weighted by molar-refractivity contribution is -0.148. The van der Waals surface area contributed by atoms with Gasteiger partial charge in [0.2, 0.25) is 0 Å². The minimum absolute atomic E-state index is 0.0144. The molecule has 1 unspecified atom stereocenters. The molecule has 0 radical (unpaired) electrons. The second-order valence-corrected chi connectivity index (χ2v) is 12.1. The van der Waals surface area contributed by atoms with Gasteiger partial charge < -0.3 is 9.84 Å². The Morgan fingerprint density at radius 1 is 0.548 bits per heavy atom. The first-order chi connectivity index (χ1) is 20.6. The molecule has 1 N–H and O–H groups in total. The standard InChI is InChI=1S/C38H68O4/c1-3-4-5-6-7-8-9-10-12-17-20-23-26-29-32-35-38(41)42-36(2)33-30-27-24-21-18-15-13-11-14-16-19-22-25-28-31-34-37(39)40/h4-5,7-8,10,12,36H,3,6,9,11,13-35H2,1-2H3,(H,39,40)/b5-4-,8-7-,12-10-. The molecule has 0 aromatic carbocycles. The van der Waals surface area contributed by atoms with Gasteiger partial charge >= 0.3 is 11.9 Å². The van der Waals surface area contributed by atoms with Crippen molar-refractivity contribution in [1.29, 1.82) is 0 Å². The topological polar surface area (TPSA) is 63.6 Å². The number of hydrogen-bond donors (Lipinski definition) is 1. The second kappa shape index (κ2) is 33.7. The van der Waals surface area contributed by atoms with E-state index in [4.69, 9.17) is 9.84 Å². The van der Waals surface area contributed by atoms with E-state index >= 15 is 0 Å². The second-order valence-electron chi connectivity index (χ2n) is 12.1. The molecule has 0 aromatic rings. The summed E-state index contributed by atoms with van der Waals surface area (Å²) in [7, 11) is 0. The van der Waals surface area contributed by atoms with Crippen LogP contribution < -0.4 is 0 Å². The summed E-state index contributed by atoms with van der Waals surface area (Å²) in [5, 5.41) is 8.64. The highest BCUT2D eigenvalue weighted by molar-refractivity contribution is 5.69. The van der Waals surface area contributed by atoms with Crippen LogP contribution in [0.15, 0.2) is 36.5 Å². The minimum Gasteiger partial charge on any atom is -0.481 e. The summed E-state index contributed by atoms with van der Waals surface area (Å²) < 4.78 is 5.62. The Bertz CT molecular complexity index is 679. The van der Waals surface area contributed by atoms with Gasteiger partial charge in [-0.3, -0.25) is 9.59 Å². The predicted molar refractivity (Wildman–Crippen MR) is 181 cm³/mol. The Balaban J connectivity index is 3.35. The molecule has 0 bridgehead atoms. The summed E-state index contributed by atoms with van der Waals surface area (Å²) in [6, 6.07) is 0. The van der Waals surface area contributed by atoms with Crippen LogP contribution in [0.3, 0.4) is 0 Å². The molecular formula is C38H68O4. The largest absolute Gasteiger partial charge is 0.481 e. The fraction of sp³-hybridized carbons (Fsp3) is 0.789. The van der Waals surface area contributed by atoms with Gasteiger partial charge in [-0.1, -0.05) is 146 Å².